The second kappa shape index (κ2) is 61.5. The zero-order valence-corrected chi connectivity index (χ0v) is 54.4. The smallest absolute Gasteiger partial charge is 0.268 e. The molecule has 1 amide bonds. The zero-order valence-electron chi connectivity index (χ0n) is 53.5. The average Bonchev–Trinajstić information content (AvgIpc) is 3.42. The first kappa shape index (κ1) is 77.9. The Morgan fingerprint density at radius 3 is 1.11 bits per heavy atom. The summed E-state index contributed by atoms with van der Waals surface area (Å²) in [5, 5.41) is 14.1. The number of allylic oxidation sites excluding steroid dienone is 12. The van der Waals surface area contributed by atoms with E-state index in [0.29, 0.717) is 23.9 Å². The number of phosphoric ester groups is 1. The first-order valence-corrected chi connectivity index (χ1v) is 35.7. The summed E-state index contributed by atoms with van der Waals surface area (Å²) < 4.78 is 23.5. The van der Waals surface area contributed by atoms with Crippen molar-refractivity contribution in [2.24, 2.45) is 0 Å². The van der Waals surface area contributed by atoms with Gasteiger partial charge in [-0.3, -0.25) is 9.36 Å². The van der Waals surface area contributed by atoms with E-state index < -0.39 is 20.0 Å². The lowest BCUT2D eigenvalue weighted by atomic mass is 10.0. The van der Waals surface area contributed by atoms with Crippen LogP contribution in [0.15, 0.2) is 72.9 Å². The summed E-state index contributed by atoms with van der Waals surface area (Å²) in [5.74, 6) is -0.160. The Bertz CT molecular complexity index is 1530. The minimum Gasteiger partial charge on any atom is -0.756 e. The van der Waals surface area contributed by atoms with Gasteiger partial charge in [-0.1, -0.05) is 324 Å². The first-order valence-electron chi connectivity index (χ1n) is 34.3. The molecule has 0 aromatic heterocycles. The Balaban J connectivity index is 3.95. The third-order valence-corrected chi connectivity index (χ3v) is 16.4. The van der Waals surface area contributed by atoms with Gasteiger partial charge in [-0.2, -0.15) is 0 Å². The summed E-state index contributed by atoms with van der Waals surface area (Å²) in [6.07, 6.45) is 85.4. The molecular weight excluding hydrogens is 1010 g/mol. The highest BCUT2D eigenvalue weighted by atomic mass is 31.2. The fourth-order valence-electron chi connectivity index (χ4n) is 10.2. The number of unbranched alkanes of at least 4 members (excludes halogenated alkanes) is 38. The zero-order chi connectivity index (χ0) is 58.4. The van der Waals surface area contributed by atoms with Crippen LogP contribution in [0.4, 0.5) is 0 Å². The second-order valence-corrected chi connectivity index (χ2v) is 25.9. The van der Waals surface area contributed by atoms with E-state index in [9.17, 15) is 19.4 Å². The molecule has 2 N–H and O–H groups in total. The standard InChI is InChI=1S/C71H133N2O6P/c1-6-8-10-12-14-16-18-20-22-24-26-27-28-29-30-31-32-33-34-35-36-37-38-39-40-41-42-43-44-45-47-49-51-53-55-57-59-61-63-65-71(75)72-69(68-79-80(76,77)78-67-66-73(3,4)5)70(74)64-62-60-58-56-54-52-50-48-46-25-23-21-19-17-15-13-11-9-7-2/h8,10,14,16,20,22,26-27,29-30,32-33,69-70,74H,6-7,9,11-13,15,17-19,21,23-25,28,31,34-68H2,1-5H3,(H-,72,75,76,77)/b10-8-,16-14-,22-20-,27-26-,30-29-,33-32-. The number of amides is 1. The molecule has 9 heteroatoms. The van der Waals surface area contributed by atoms with E-state index >= 15 is 0 Å². The fraction of sp³-hybridized carbons (Fsp3) is 0.817. The minimum absolute atomic E-state index is 0.0127. The molecule has 8 nitrogen and oxygen atoms in total. The molecule has 0 heterocycles. The van der Waals surface area contributed by atoms with Crippen LogP contribution >= 0.6 is 7.82 Å². The van der Waals surface area contributed by atoms with Gasteiger partial charge in [-0.25, -0.2) is 0 Å². The number of quaternary nitrogens is 1. The van der Waals surface area contributed by atoms with E-state index in [0.717, 1.165) is 77.0 Å². The summed E-state index contributed by atoms with van der Waals surface area (Å²) in [5.41, 5.74) is 0. The normalized spacial score (nSPS) is 14.1. The van der Waals surface area contributed by atoms with Gasteiger partial charge in [-0.15, -0.1) is 0 Å². The average molecular weight is 1140 g/mol. The van der Waals surface area contributed by atoms with Crippen molar-refractivity contribution in [3.05, 3.63) is 72.9 Å². The predicted octanol–water partition coefficient (Wildman–Crippen LogP) is 21.1. The monoisotopic (exact) mass is 1140 g/mol. The van der Waals surface area contributed by atoms with Crippen molar-refractivity contribution in [3.63, 3.8) is 0 Å². The predicted molar refractivity (Wildman–Crippen MR) is 348 cm³/mol. The number of aliphatic hydroxyl groups excluding tert-OH is 1. The van der Waals surface area contributed by atoms with E-state index in [-0.39, 0.29) is 19.1 Å². The molecule has 3 atom stereocenters. The number of hydrogen-bond acceptors (Lipinski definition) is 6. The lowest BCUT2D eigenvalue weighted by Crippen LogP contribution is -2.46. The molecule has 0 radical (unpaired) electrons. The lowest BCUT2D eigenvalue weighted by molar-refractivity contribution is -0.870. The number of phosphoric acid groups is 1. The van der Waals surface area contributed by atoms with Crippen LogP contribution in [-0.2, 0) is 18.4 Å². The van der Waals surface area contributed by atoms with Crippen LogP contribution in [0.5, 0.6) is 0 Å². The van der Waals surface area contributed by atoms with E-state index in [2.05, 4.69) is 92.1 Å². The third kappa shape index (κ3) is 63.5. The SMILES string of the molecule is CC/C=C\C/C=C\C/C=C\C/C=C\C/C=C\C/C=C\CCCCCCCCCCCCCCCCCCCCCCC(=O)NC(COP(=O)([O-])OCC[N+](C)(C)C)C(O)CCCCCCCCCCCCCCCCCCCCC. The molecule has 0 spiro atoms. The summed E-state index contributed by atoms with van der Waals surface area (Å²) >= 11 is 0. The van der Waals surface area contributed by atoms with E-state index in [1.54, 1.807) is 0 Å². The Labute approximate surface area is 497 Å². The number of rotatable bonds is 63. The van der Waals surface area contributed by atoms with Gasteiger partial charge in [0.1, 0.15) is 13.2 Å². The molecule has 0 rings (SSSR count). The Morgan fingerprint density at radius 2 is 0.762 bits per heavy atom. The molecule has 0 aliphatic carbocycles. The number of nitrogens with one attached hydrogen (secondary N) is 1. The highest BCUT2D eigenvalue weighted by Crippen LogP contribution is 2.38. The Morgan fingerprint density at radius 1 is 0.450 bits per heavy atom. The largest absolute Gasteiger partial charge is 0.756 e. The van der Waals surface area contributed by atoms with Gasteiger partial charge in [-0.05, 0) is 64.2 Å². The number of hydrogen-bond donors (Lipinski definition) is 2. The number of aliphatic hydroxyl groups is 1. The lowest BCUT2D eigenvalue weighted by Gasteiger charge is -2.30. The molecule has 0 aromatic carbocycles. The highest BCUT2D eigenvalue weighted by molar-refractivity contribution is 7.45. The van der Waals surface area contributed by atoms with E-state index in [1.807, 2.05) is 21.1 Å². The van der Waals surface area contributed by atoms with Crippen LogP contribution in [0, 0.1) is 0 Å². The number of likely N-dealkylation sites (N-methyl/N-ethyl adjacent to an activating group) is 1. The number of nitrogens with zero attached hydrogens (tertiary/aromatic N) is 1. The van der Waals surface area contributed by atoms with Crippen LogP contribution < -0.4 is 10.2 Å². The van der Waals surface area contributed by atoms with Crippen molar-refractivity contribution in [3.8, 4) is 0 Å². The summed E-state index contributed by atoms with van der Waals surface area (Å²) in [4.78, 5) is 25.6. The maximum absolute atomic E-state index is 13.0. The second-order valence-electron chi connectivity index (χ2n) is 24.5. The number of carbonyl (C=O) groups excluding carboxylic acids is 1. The van der Waals surface area contributed by atoms with Gasteiger partial charge in [0.2, 0.25) is 5.91 Å². The van der Waals surface area contributed by atoms with Crippen LogP contribution in [0.1, 0.15) is 322 Å². The molecule has 468 valence electrons. The summed E-state index contributed by atoms with van der Waals surface area (Å²) in [7, 11) is 1.32. The van der Waals surface area contributed by atoms with Gasteiger partial charge in [0.15, 0.2) is 0 Å². The third-order valence-electron chi connectivity index (χ3n) is 15.5. The molecule has 0 saturated carbocycles. The fourth-order valence-corrected chi connectivity index (χ4v) is 10.9. The quantitative estimate of drug-likeness (QED) is 0.0272. The molecule has 80 heavy (non-hydrogen) atoms. The van der Waals surface area contributed by atoms with Crippen molar-refractivity contribution in [2.45, 2.75) is 334 Å². The van der Waals surface area contributed by atoms with Crippen molar-refractivity contribution in [1.82, 2.24) is 5.32 Å². The van der Waals surface area contributed by atoms with Gasteiger partial charge < -0.3 is 28.8 Å². The van der Waals surface area contributed by atoms with Crippen LogP contribution in [0.3, 0.4) is 0 Å². The van der Waals surface area contributed by atoms with Crippen molar-refractivity contribution in [1.29, 1.82) is 0 Å². The number of carbonyl (C=O) groups is 1. The van der Waals surface area contributed by atoms with Gasteiger partial charge >= 0.3 is 0 Å². The van der Waals surface area contributed by atoms with E-state index in [1.165, 1.54) is 218 Å². The molecule has 0 saturated heterocycles. The maximum atomic E-state index is 13.0. The Kier molecular flexibility index (Phi) is 59.9. The van der Waals surface area contributed by atoms with Crippen LogP contribution in [0.2, 0.25) is 0 Å². The van der Waals surface area contributed by atoms with Crippen LogP contribution in [-0.4, -0.2) is 68.5 Å². The van der Waals surface area contributed by atoms with Crippen LogP contribution in [0.25, 0.3) is 0 Å². The molecule has 0 aliphatic rings. The molecule has 0 aliphatic heterocycles. The molecule has 0 aromatic rings. The topological polar surface area (TPSA) is 108 Å². The van der Waals surface area contributed by atoms with Gasteiger partial charge in [0, 0.05) is 6.42 Å². The van der Waals surface area contributed by atoms with Crippen molar-refractivity contribution in [2.75, 3.05) is 40.9 Å². The molecular formula is C71H133N2O6P. The summed E-state index contributed by atoms with van der Waals surface area (Å²) in [6, 6.07) is -0.802. The molecule has 3 unspecified atom stereocenters. The summed E-state index contributed by atoms with van der Waals surface area (Å²) in [6.45, 7) is 4.65. The van der Waals surface area contributed by atoms with Gasteiger partial charge in [0.05, 0.1) is 39.9 Å². The Hall–Kier alpha value is -2.06. The molecule has 0 fully saturated rings. The maximum Gasteiger partial charge on any atom is 0.268 e. The minimum atomic E-state index is -4.58. The van der Waals surface area contributed by atoms with Crippen molar-refractivity contribution >= 4 is 13.7 Å². The highest BCUT2D eigenvalue weighted by Gasteiger charge is 2.24. The first-order chi connectivity index (χ1) is 39.0. The van der Waals surface area contributed by atoms with E-state index in [4.69, 9.17) is 9.05 Å². The van der Waals surface area contributed by atoms with Gasteiger partial charge in [0.25, 0.3) is 7.82 Å². The van der Waals surface area contributed by atoms with Crippen molar-refractivity contribution < 1.29 is 32.9 Å². The molecule has 0 bridgehead atoms.